The van der Waals surface area contributed by atoms with Crippen molar-refractivity contribution in [2.45, 2.75) is 25.0 Å². The van der Waals surface area contributed by atoms with Crippen LogP contribution in [0.3, 0.4) is 0 Å². The van der Waals surface area contributed by atoms with Gasteiger partial charge in [0.05, 0.1) is 6.10 Å². The summed E-state index contributed by atoms with van der Waals surface area (Å²) in [5.41, 5.74) is 0.944. The molecule has 0 aliphatic carbocycles. The summed E-state index contributed by atoms with van der Waals surface area (Å²) in [6.07, 6.45) is 1.32. The molecule has 0 unspecified atom stereocenters. The smallest absolute Gasteiger partial charge is 0.118 e. The first-order valence-electron chi connectivity index (χ1n) is 4.94. The van der Waals surface area contributed by atoms with Gasteiger partial charge >= 0.3 is 0 Å². The van der Waals surface area contributed by atoms with Crippen molar-refractivity contribution < 1.29 is 10.2 Å². The lowest BCUT2D eigenvalue weighted by Crippen LogP contribution is -2.23. The van der Waals surface area contributed by atoms with E-state index in [1.807, 2.05) is 18.2 Å². The summed E-state index contributed by atoms with van der Waals surface area (Å²) in [5, 5.41) is 22.1. The molecule has 1 saturated heterocycles. The van der Waals surface area contributed by atoms with E-state index in [1.165, 1.54) is 0 Å². The van der Waals surface area contributed by atoms with Crippen molar-refractivity contribution in [1.29, 1.82) is 0 Å². The maximum Gasteiger partial charge on any atom is 0.118 e. The van der Waals surface area contributed by atoms with E-state index >= 15 is 0 Å². The average Bonchev–Trinajstić information content (AvgIpc) is 2.56. The molecule has 2 atom stereocenters. The highest BCUT2D eigenvalue weighted by Gasteiger charge is 2.22. The molecular formula is C11H15NO2. The molecule has 0 saturated carbocycles. The van der Waals surface area contributed by atoms with Gasteiger partial charge in [-0.05, 0) is 24.5 Å². The van der Waals surface area contributed by atoms with Crippen LogP contribution in [0.15, 0.2) is 24.3 Å². The second kappa shape index (κ2) is 3.98. The van der Waals surface area contributed by atoms with Crippen molar-refractivity contribution in [2.75, 3.05) is 6.54 Å². The van der Waals surface area contributed by atoms with Crippen molar-refractivity contribution in [3.63, 3.8) is 0 Å². The van der Waals surface area contributed by atoms with E-state index in [0.717, 1.165) is 18.4 Å². The molecule has 1 aliphatic rings. The van der Waals surface area contributed by atoms with Crippen LogP contribution in [-0.4, -0.2) is 28.9 Å². The number of hydrogen-bond acceptors (Lipinski definition) is 3. The lowest BCUT2D eigenvalue weighted by molar-refractivity contribution is 0.193. The molecule has 0 amide bonds. The fourth-order valence-corrected chi connectivity index (χ4v) is 1.90. The molecule has 1 fully saturated rings. The Morgan fingerprint density at radius 1 is 1.36 bits per heavy atom. The number of nitrogens with one attached hydrogen (secondary N) is 1. The molecule has 0 spiro atoms. The summed E-state index contributed by atoms with van der Waals surface area (Å²) >= 11 is 0. The Morgan fingerprint density at radius 2 is 2.14 bits per heavy atom. The van der Waals surface area contributed by atoms with Crippen LogP contribution in [0.1, 0.15) is 12.0 Å². The Balaban J connectivity index is 2.01. The molecule has 2 rings (SSSR count). The number of para-hydroxylation sites is 1. The predicted octanol–water partition coefficient (Wildman–Crippen LogP) is 0.658. The van der Waals surface area contributed by atoms with E-state index in [4.69, 9.17) is 0 Å². The highest BCUT2D eigenvalue weighted by Crippen LogP contribution is 2.20. The van der Waals surface area contributed by atoms with Crippen molar-refractivity contribution in [2.24, 2.45) is 0 Å². The molecule has 14 heavy (non-hydrogen) atoms. The highest BCUT2D eigenvalue weighted by molar-refractivity contribution is 5.32. The van der Waals surface area contributed by atoms with Crippen molar-refractivity contribution in [1.82, 2.24) is 5.32 Å². The van der Waals surface area contributed by atoms with Crippen LogP contribution < -0.4 is 5.32 Å². The number of phenolic OH excluding ortho intramolecular Hbond substituents is 1. The molecule has 0 bridgehead atoms. The van der Waals surface area contributed by atoms with Gasteiger partial charge in [-0.1, -0.05) is 18.2 Å². The summed E-state index contributed by atoms with van der Waals surface area (Å²) < 4.78 is 0. The molecule has 3 nitrogen and oxygen atoms in total. The Labute approximate surface area is 83.4 Å². The van der Waals surface area contributed by atoms with Gasteiger partial charge in [0.1, 0.15) is 5.75 Å². The second-order valence-electron chi connectivity index (χ2n) is 3.83. The minimum absolute atomic E-state index is 0.231. The summed E-state index contributed by atoms with van der Waals surface area (Å²) in [7, 11) is 0. The first kappa shape index (κ1) is 9.49. The van der Waals surface area contributed by atoms with Crippen LogP contribution in [0, 0.1) is 0 Å². The Bertz CT molecular complexity index is 314. The van der Waals surface area contributed by atoms with Crippen LogP contribution in [-0.2, 0) is 6.42 Å². The number of hydrogen-bond donors (Lipinski definition) is 3. The molecule has 1 aliphatic heterocycles. The normalized spacial score (nSPS) is 26.6. The topological polar surface area (TPSA) is 52.5 Å². The standard InChI is InChI=1S/C11H15NO2/c13-10-6-9(12-7-10)5-8-3-1-2-4-11(8)14/h1-4,9-10,12-14H,5-7H2/t9-,10-/m1/s1. The van der Waals surface area contributed by atoms with Gasteiger partial charge in [0.15, 0.2) is 0 Å². The number of phenols is 1. The minimum Gasteiger partial charge on any atom is -0.508 e. The second-order valence-corrected chi connectivity index (χ2v) is 3.83. The Morgan fingerprint density at radius 3 is 2.79 bits per heavy atom. The molecule has 1 aromatic carbocycles. The van der Waals surface area contributed by atoms with Gasteiger partial charge in [-0.15, -0.1) is 0 Å². The average molecular weight is 193 g/mol. The van der Waals surface area contributed by atoms with Crippen LogP contribution in [0.25, 0.3) is 0 Å². The van der Waals surface area contributed by atoms with Gasteiger partial charge in [-0.25, -0.2) is 0 Å². The third kappa shape index (κ3) is 2.05. The maximum absolute atomic E-state index is 9.55. The van der Waals surface area contributed by atoms with Gasteiger partial charge in [0.25, 0.3) is 0 Å². The van der Waals surface area contributed by atoms with E-state index in [-0.39, 0.29) is 6.10 Å². The van der Waals surface area contributed by atoms with Crippen LogP contribution in [0.2, 0.25) is 0 Å². The maximum atomic E-state index is 9.55. The molecule has 76 valence electrons. The van der Waals surface area contributed by atoms with E-state index in [1.54, 1.807) is 6.07 Å². The van der Waals surface area contributed by atoms with Gasteiger partial charge in [0, 0.05) is 12.6 Å². The zero-order valence-corrected chi connectivity index (χ0v) is 7.98. The zero-order chi connectivity index (χ0) is 9.97. The Kier molecular flexibility index (Phi) is 2.70. The van der Waals surface area contributed by atoms with E-state index < -0.39 is 0 Å². The van der Waals surface area contributed by atoms with Gasteiger partial charge < -0.3 is 15.5 Å². The van der Waals surface area contributed by atoms with Crippen molar-refractivity contribution in [3.8, 4) is 5.75 Å². The van der Waals surface area contributed by atoms with Crippen LogP contribution >= 0.6 is 0 Å². The number of rotatable bonds is 2. The summed E-state index contributed by atoms with van der Waals surface area (Å²) in [4.78, 5) is 0. The number of aliphatic hydroxyl groups is 1. The third-order valence-electron chi connectivity index (χ3n) is 2.66. The largest absolute Gasteiger partial charge is 0.508 e. The predicted molar refractivity (Wildman–Crippen MR) is 54.2 cm³/mol. The van der Waals surface area contributed by atoms with Crippen LogP contribution in [0.5, 0.6) is 5.75 Å². The van der Waals surface area contributed by atoms with E-state index in [0.29, 0.717) is 18.3 Å². The van der Waals surface area contributed by atoms with Crippen LogP contribution in [0.4, 0.5) is 0 Å². The molecule has 1 aromatic rings. The molecule has 3 heteroatoms. The number of aliphatic hydroxyl groups excluding tert-OH is 1. The van der Waals surface area contributed by atoms with E-state index in [2.05, 4.69) is 5.32 Å². The lowest BCUT2D eigenvalue weighted by Gasteiger charge is -2.10. The summed E-state index contributed by atoms with van der Waals surface area (Å²) in [6.45, 7) is 0.665. The molecule has 1 heterocycles. The first-order chi connectivity index (χ1) is 6.75. The monoisotopic (exact) mass is 193 g/mol. The summed E-state index contributed by atoms with van der Waals surface area (Å²) in [5.74, 6) is 0.343. The van der Waals surface area contributed by atoms with Gasteiger partial charge in [-0.2, -0.15) is 0 Å². The zero-order valence-electron chi connectivity index (χ0n) is 7.98. The SMILES string of the molecule is Oc1ccccc1C[C@@H]1C[C@@H](O)CN1. The van der Waals surface area contributed by atoms with E-state index in [9.17, 15) is 10.2 Å². The number of aromatic hydroxyl groups is 1. The highest BCUT2D eigenvalue weighted by atomic mass is 16.3. The minimum atomic E-state index is -0.231. The molecule has 0 radical (unpaired) electrons. The van der Waals surface area contributed by atoms with Crippen molar-refractivity contribution >= 4 is 0 Å². The summed E-state index contributed by atoms with van der Waals surface area (Å²) in [6, 6.07) is 7.64. The van der Waals surface area contributed by atoms with Gasteiger partial charge in [-0.3, -0.25) is 0 Å². The first-order valence-corrected chi connectivity index (χ1v) is 4.94. The number of β-amino-alcohol motifs (C(OH)–C–C–N with tert-alkyl or cyclic N) is 1. The van der Waals surface area contributed by atoms with Crippen molar-refractivity contribution in [3.05, 3.63) is 29.8 Å². The van der Waals surface area contributed by atoms with Gasteiger partial charge in [0.2, 0.25) is 0 Å². The molecule has 3 N–H and O–H groups in total. The fourth-order valence-electron chi connectivity index (χ4n) is 1.90. The lowest BCUT2D eigenvalue weighted by atomic mass is 10.0. The molecule has 0 aromatic heterocycles. The number of benzene rings is 1. The fraction of sp³-hybridized carbons (Fsp3) is 0.455. The Hall–Kier alpha value is -1.06. The molecular weight excluding hydrogens is 178 g/mol. The quantitative estimate of drug-likeness (QED) is 0.646. The third-order valence-corrected chi connectivity index (χ3v) is 2.66.